The summed E-state index contributed by atoms with van der Waals surface area (Å²) in [5.41, 5.74) is 1.26. The number of para-hydroxylation sites is 1. The van der Waals surface area contributed by atoms with Gasteiger partial charge in [-0.25, -0.2) is 4.39 Å². The van der Waals surface area contributed by atoms with E-state index in [1.807, 2.05) is 42.3 Å². The number of likely N-dealkylation sites (N-methyl/N-ethyl adjacent to an activating group) is 1. The maximum Gasteiger partial charge on any atom is 0.126 e. The first-order chi connectivity index (χ1) is 9.40. The van der Waals surface area contributed by atoms with Crippen LogP contribution in [0.3, 0.4) is 0 Å². The standard InChI is InChI=1S/C17H20FNO/c1-13-11-14(9-10-16(13)18)17(2,20)12-19(3)15-7-5-4-6-8-15/h4-11,20H,12H2,1-3H3. The summed E-state index contributed by atoms with van der Waals surface area (Å²) in [6.07, 6.45) is 0. The Labute approximate surface area is 119 Å². The first-order valence-corrected chi connectivity index (χ1v) is 6.65. The van der Waals surface area contributed by atoms with Crippen LogP contribution in [0.1, 0.15) is 18.1 Å². The van der Waals surface area contributed by atoms with Crippen molar-refractivity contribution in [2.75, 3.05) is 18.5 Å². The third kappa shape index (κ3) is 3.17. The van der Waals surface area contributed by atoms with Gasteiger partial charge in [-0.1, -0.05) is 30.3 Å². The van der Waals surface area contributed by atoms with Gasteiger partial charge in [-0.2, -0.15) is 0 Å². The molecule has 1 atom stereocenters. The summed E-state index contributed by atoms with van der Waals surface area (Å²) in [6, 6.07) is 14.6. The molecule has 0 saturated carbocycles. The molecule has 0 heterocycles. The molecule has 20 heavy (non-hydrogen) atoms. The Hall–Kier alpha value is -1.87. The molecule has 2 aromatic rings. The lowest BCUT2D eigenvalue weighted by atomic mass is 9.94. The van der Waals surface area contributed by atoms with Gasteiger partial charge in [0, 0.05) is 12.7 Å². The first-order valence-electron chi connectivity index (χ1n) is 6.65. The van der Waals surface area contributed by atoms with Gasteiger partial charge in [0.15, 0.2) is 0 Å². The predicted molar refractivity (Wildman–Crippen MR) is 80.4 cm³/mol. The third-order valence-electron chi connectivity index (χ3n) is 3.52. The van der Waals surface area contributed by atoms with Crippen molar-refractivity contribution in [3.63, 3.8) is 0 Å². The summed E-state index contributed by atoms with van der Waals surface area (Å²) in [6.45, 7) is 3.89. The van der Waals surface area contributed by atoms with Crippen LogP contribution in [0, 0.1) is 12.7 Å². The highest BCUT2D eigenvalue weighted by Gasteiger charge is 2.25. The molecule has 0 fully saturated rings. The molecule has 2 rings (SSSR count). The van der Waals surface area contributed by atoms with Crippen molar-refractivity contribution in [2.24, 2.45) is 0 Å². The van der Waals surface area contributed by atoms with E-state index in [9.17, 15) is 9.50 Å². The molecule has 106 valence electrons. The van der Waals surface area contributed by atoms with Gasteiger partial charge in [0.1, 0.15) is 11.4 Å². The molecule has 1 N–H and O–H groups in total. The van der Waals surface area contributed by atoms with E-state index in [0.717, 1.165) is 11.3 Å². The van der Waals surface area contributed by atoms with E-state index in [1.165, 1.54) is 6.07 Å². The van der Waals surface area contributed by atoms with Crippen molar-refractivity contribution in [1.82, 2.24) is 0 Å². The van der Waals surface area contributed by atoms with E-state index >= 15 is 0 Å². The van der Waals surface area contributed by atoms with Gasteiger partial charge in [-0.3, -0.25) is 0 Å². The Morgan fingerprint density at radius 1 is 1.15 bits per heavy atom. The van der Waals surface area contributed by atoms with Crippen LogP contribution in [0.2, 0.25) is 0 Å². The SMILES string of the molecule is Cc1cc(C(C)(O)CN(C)c2ccccc2)ccc1F. The van der Waals surface area contributed by atoms with Crippen molar-refractivity contribution in [2.45, 2.75) is 19.4 Å². The van der Waals surface area contributed by atoms with Gasteiger partial charge in [0.05, 0.1) is 6.54 Å². The fourth-order valence-corrected chi connectivity index (χ4v) is 2.31. The molecule has 0 aromatic heterocycles. The molecular formula is C17H20FNO. The second-order valence-electron chi connectivity index (χ2n) is 5.43. The minimum absolute atomic E-state index is 0.249. The van der Waals surface area contributed by atoms with Crippen molar-refractivity contribution in [3.05, 3.63) is 65.5 Å². The number of benzene rings is 2. The van der Waals surface area contributed by atoms with Crippen LogP contribution >= 0.6 is 0 Å². The molecule has 0 aliphatic carbocycles. The molecule has 0 bridgehead atoms. The number of nitrogens with zero attached hydrogens (tertiary/aromatic N) is 1. The van der Waals surface area contributed by atoms with Crippen LogP contribution in [-0.4, -0.2) is 18.7 Å². The summed E-state index contributed by atoms with van der Waals surface area (Å²) in [5.74, 6) is -0.249. The van der Waals surface area contributed by atoms with Gasteiger partial charge < -0.3 is 10.0 Å². The zero-order valence-electron chi connectivity index (χ0n) is 12.1. The lowest BCUT2D eigenvalue weighted by Crippen LogP contribution is -2.36. The number of anilines is 1. The number of aliphatic hydroxyl groups is 1. The maximum absolute atomic E-state index is 13.3. The fourth-order valence-electron chi connectivity index (χ4n) is 2.31. The monoisotopic (exact) mass is 273 g/mol. The molecule has 0 radical (unpaired) electrons. The largest absolute Gasteiger partial charge is 0.384 e. The van der Waals surface area contributed by atoms with Crippen LogP contribution in [-0.2, 0) is 5.60 Å². The smallest absolute Gasteiger partial charge is 0.126 e. The molecule has 0 aliphatic heterocycles. The van der Waals surface area contributed by atoms with Crippen LogP contribution in [0.25, 0.3) is 0 Å². The predicted octanol–water partition coefficient (Wildman–Crippen LogP) is 3.48. The first kappa shape index (κ1) is 14.5. The van der Waals surface area contributed by atoms with Crippen LogP contribution in [0.15, 0.2) is 48.5 Å². The minimum Gasteiger partial charge on any atom is -0.384 e. The topological polar surface area (TPSA) is 23.5 Å². The Morgan fingerprint density at radius 3 is 2.40 bits per heavy atom. The second-order valence-corrected chi connectivity index (χ2v) is 5.43. The lowest BCUT2D eigenvalue weighted by molar-refractivity contribution is 0.0655. The van der Waals surface area contributed by atoms with Gasteiger partial charge in [0.25, 0.3) is 0 Å². The van der Waals surface area contributed by atoms with Crippen molar-refractivity contribution < 1.29 is 9.50 Å². The average Bonchev–Trinajstić information content (AvgIpc) is 2.42. The molecule has 1 unspecified atom stereocenters. The molecule has 0 saturated heterocycles. The van der Waals surface area contributed by atoms with E-state index in [0.29, 0.717) is 12.1 Å². The Kier molecular flexibility index (Phi) is 4.09. The lowest BCUT2D eigenvalue weighted by Gasteiger charge is -2.31. The number of aryl methyl sites for hydroxylation is 1. The quantitative estimate of drug-likeness (QED) is 0.922. The van der Waals surface area contributed by atoms with E-state index in [4.69, 9.17) is 0 Å². The second kappa shape index (κ2) is 5.63. The number of rotatable bonds is 4. The number of hydrogen-bond acceptors (Lipinski definition) is 2. The van der Waals surface area contributed by atoms with Crippen molar-refractivity contribution >= 4 is 5.69 Å². The van der Waals surface area contributed by atoms with E-state index < -0.39 is 5.60 Å². The normalized spacial score (nSPS) is 13.8. The zero-order valence-corrected chi connectivity index (χ0v) is 12.1. The van der Waals surface area contributed by atoms with E-state index in [1.54, 1.807) is 26.0 Å². The molecule has 2 aromatic carbocycles. The van der Waals surface area contributed by atoms with Gasteiger partial charge >= 0.3 is 0 Å². The number of halogens is 1. The highest BCUT2D eigenvalue weighted by Crippen LogP contribution is 2.25. The average molecular weight is 273 g/mol. The van der Waals surface area contributed by atoms with Crippen molar-refractivity contribution in [3.8, 4) is 0 Å². The summed E-state index contributed by atoms with van der Waals surface area (Å²) < 4.78 is 13.3. The maximum atomic E-state index is 13.3. The van der Waals surface area contributed by atoms with Crippen molar-refractivity contribution in [1.29, 1.82) is 0 Å². The van der Waals surface area contributed by atoms with Crippen LogP contribution in [0.4, 0.5) is 10.1 Å². The molecular weight excluding hydrogens is 253 g/mol. The summed E-state index contributed by atoms with van der Waals surface area (Å²) in [5, 5.41) is 10.7. The van der Waals surface area contributed by atoms with Gasteiger partial charge in [-0.05, 0) is 43.2 Å². The third-order valence-corrected chi connectivity index (χ3v) is 3.52. The Balaban J connectivity index is 2.20. The summed E-state index contributed by atoms with van der Waals surface area (Å²) in [4.78, 5) is 1.98. The molecule has 0 amide bonds. The summed E-state index contributed by atoms with van der Waals surface area (Å²) >= 11 is 0. The van der Waals surface area contributed by atoms with Gasteiger partial charge in [-0.15, -0.1) is 0 Å². The molecule has 0 aliphatic rings. The number of hydrogen-bond donors (Lipinski definition) is 1. The van der Waals surface area contributed by atoms with E-state index in [-0.39, 0.29) is 5.82 Å². The molecule has 3 heteroatoms. The fraction of sp³-hybridized carbons (Fsp3) is 0.294. The molecule has 0 spiro atoms. The zero-order chi connectivity index (χ0) is 14.8. The van der Waals surface area contributed by atoms with Gasteiger partial charge in [0.2, 0.25) is 0 Å². The highest BCUT2D eigenvalue weighted by molar-refractivity contribution is 5.46. The Morgan fingerprint density at radius 2 is 1.80 bits per heavy atom. The summed E-state index contributed by atoms with van der Waals surface area (Å²) in [7, 11) is 1.93. The molecule has 2 nitrogen and oxygen atoms in total. The minimum atomic E-state index is -1.04. The highest BCUT2D eigenvalue weighted by atomic mass is 19.1. The Bertz CT molecular complexity index is 581. The van der Waals surface area contributed by atoms with Crippen LogP contribution < -0.4 is 4.90 Å². The van der Waals surface area contributed by atoms with Crippen LogP contribution in [0.5, 0.6) is 0 Å². The van der Waals surface area contributed by atoms with E-state index in [2.05, 4.69) is 0 Å².